The minimum absolute atomic E-state index is 0.153. The first-order chi connectivity index (χ1) is 25.7. The number of carboxylic acid groups (broad SMARTS) is 1. The monoisotopic (exact) mass is 735 g/mol. The molecular formula is C41H42ClN5O6. The largest absolute Gasteiger partial charge is 0.488 e. The maximum Gasteiger partial charge on any atom is 0.320 e. The molecule has 0 amide bonds. The van der Waals surface area contributed by atoms with Crippen LogP contribution in [0.15, 0.2) is 71.4 Å². The Labute approximate surface area is 313 Å². The van der Waals surface area contributed by atoms with E-state index in [9.17, 15) is 20.3 Å². The molecule has 0 radical (unpaired) electrons. The lowest BCUT2D eigenvalue weighted by molar-refractivity contribution is -0.144. The molecule has 0 bridgehead atoms. The topological polar surface area (TPSA) is 145 Å². The predicted octanol–water partition coefficient (Wildman–Crippen LogP) is 6.93. The Hall–Kier alpha value is -4.99. The minimum Gasteiger partial charge on any atom is -0.488 e. The fourth-order valence-electron chi connectivity index (χ4n) is 7.24. The molecule has 2 atom stereocenters. The molecule has 274 valence electrons. The summed E-state index contributed by atoms with van der Waals surface area (Å²) < 4.78 is 18.7. The summed E-state index contributed by atoms with van der Waals surface area (Å²) in [7, 11) is 0. The number of oxazole rings is 1. The van der Waals surface area contributed by atoms with Gasteiger partial charge in [-0.3, -0.25) is 14.7 Å². The molecule has 0 aliphatic carbocycles. The van der Waals surface area contributed by atoms with Crippen LogP contribution in [0.2, 0.25) is 5.02 Å². The van der Waals surface area contributed by atoms with Gasteiger partial charge in [-0.1, -0.05) is 42.3 Å². The molecule has 0 spiro atoms. The van der Waals surface area contributed by atoms with Gasteiger partial charge in [0.2, 0.25) is 0 Å². The summed E-state index contributed by atoms with van der Waals surface area (Å²) in [6, 6.07) is 19.0. The Morgan fingerprint density at radius 1 is 1.04 bits per heavy atom. The highest BCUT2D eigenvalue weighted by Crippen LogP contribution is 2.37. The normalized spacial score (nSPS) is 17.9. The van der Waals surface area contributed by atoms with Crippen LogP contribution < -0.4 is 9.47 Å². The highest BCUT2D eigenvalue weighted by molar-refractivity contribution is 6.32. The van der Waals surface area contributed by atoms with Crippen LogP contribution in [0.3, 0.4) is 0 Å². The quantitative estimate of drug-likeness (QED) is 0.130. The Morgan fingerprint density at radius 2 is 1.91 bits per heavy atom. The molecule has 2 aromatic heterocycles. The summed E-state index contributed by atoms with van der Waals surface area (Å²) in [4.78, 5) is 25.2. The van der Waals surface area contributed by atoms with Gasteiger partial charge in [0.1, 0.15) is 42.3 Å². The molecule has 7 rings (SSSR count). The van der Waals surface area contributed by atoms with E-state index in [-0.39, 0.29) is 19.3 Å². The number of likely N-dealkylation sites (tertiary alicyclic amines) is 2. The number of benzene rings is 3. The number of carboxylic acids is 1. The third-order valence-corrected chi connectivity index (χ3v) is 10.5. The molecule has 12 heteroatoms. The zero-order valence-electron chi connectivity index (χ0n) is 29.6. The minimum atomic E-state index is -0.837. The number of hydrogen-bond donors (Lipinski definition) is 2. The van der Waals surface area contributed by atoms with E-state index in [0.717, 1.165) is 76.8 Å². The SMILES string of the molecule is Cc1c(COc2cc(OCc3cncc(C#N)c3)c(CN3CCCCC3C(=O)O)cc2Cl)cccc1-c1ccc2oc(CCN3CCC(O)C3)nc2c1. The Morgan fingerprint density at radius 3 is 2.72 bits per heavy atom. The van der Waals surface area contributed by atoms with Crippen LogP contribution in [0, 0.1) is 18.3 Å². The zero-order valence-corrected chi connectivity index (χ0v) is 30.4. The van der Waals surface area contributed by atoms with Gasteiger partial charge in [-0.2, -0.15) is 5.26 Å². The van der Waals surface area contributed by atoms with Crippen molar-refractivity contribution in [3.05, 3.63) is 106 Å². The Kier molecular flexibility index (Phi) is 11.2. The lowest BCUT2D eigenvalue weighted by Gasteiger charge is -2.33. The van der Waals surface area contributed by atoms with Gasteiger partial charge < -0.3 is 29.0 Å². The van der Waals surface area contributed by atoms with E-state index in [1.165, 1.54) is 6.20 Å². The molecule has 4 heterocycles. The van der Waals surface area contributed by atoms with Crippen molar-refractivity contribution in [1.82, 2.24) is 19.8 Å². The number of aliphatic hydroxyl groups is 1. The highest BCUT2D eigenvalue weighted by Gasteiger charge is 2.29. The van der Waals surface area contributed by atoms with Gasteiger partial charge in [0.25, 0.3) is 0 Å². The second-order valence-electron chi connectivity index (χ2n) is 13.9. The Bertz CT molecular complexity index is 2150. The number of pyridine rings is 1. The van der Waals surface area contributed by atoms with Crippen LogP contribution in [0.4, 0.5) is 0 Å². The molecule has 2 fully saturated rings. The summed E-state index contributed by atoms with van der Waals surface area (Å²) >= 11 is 6.84. The number of halogens is 1. The fraction of sp³-hybridized carbons (Fsp3) is 0.366. The molecule has 5 aromatic rings. The summed E-state index contributed by atoms with van der Waals surface area (Å²) in [5.41, 5.74) is 7.56. The number of aliphatic hydroxyl groups excluding tert-OH is 1. The third-order valence-electron chi connectivity index (χ3n) is 10.2. The number of ether oxygens (including phenoxy) is 2. The Balaban J connectivity index is 1.09. The number of hydrogen-bond acceptors (Lipinski definition) is 10. The van der Waals surface area contributed by atoms with Gasteiger partial charge in [-0.15, -0.1) is 0 Å². The lowest BCUT2D eigenvalue weighted by atomic mass is 9.96. The summed E-state index contributed by atoms with van der Waals surface area (Å²) in [6.45, 7) is 5.87. The predicted molar refractivity (Wildman–Crippen MR) is 200 cm³/mol. The average Bonchev–Trinajstić information content (AvgIpc) is 3.78. The summed E-state index contributed by atoms with van der Waals surface area (Å²) in [5, 5.41) is 29.5. The van der Waals surface area contributed by atoms with Gasteiger partial charge in [0.05, 0.1) is 16.7 Å². The maximum atomic E-state index is 12.1. The molecular weight excluding hydrogens is 694 g/mol. The van der Waals surface area contributed by atoms with Crippen molar-refractivity contribution in [2.24, 2.45) is 0 Å². The van der Waals surface area contributed by atoms with Crippen LogP contribution in [-0.2, 0) is 31.0 Å². The smallest absolute Gasteiger partial charge is 0.320 e. The number of rotatable bonds is 13. The van der Waals surface area contributed by atoms with E-state index in [1.807, 2.05) is 35.2 Å². The first kappa shape index (κ1) is 36.4. The number of piperidine rings is 1. The zero-order chi connectivity index (χ0) is 36.9. The maximum absolute atomic E-state index is 12.1. The van der Waals surface area contributed by atoms with Crippen molar-refractivity contribution in [2.75, 3.05) is 26.2 Å². The van der Waals surface area contributed by atoms with E-state index in [2.05, 4.69) is 28.9 Å². The number of aliphatic carboxylic acids is 1. The molecule has 2 N–H and O–H groups in total. The van der Waals surface area contributed by atoms with Gasteiger partial charge in [-0.25, -0.2) is 4.98 Å². The molecule has 2 aliphatic rings. The van der Waals surface area contributed by atoms with Crippen LogP contribution in [0.5, 0.6) is 11.5 Å². The van der Waals surface area contributed by atoms with E-state index in [4.69, 9.17) is 30.5 Å². The van der Waals surface area contributed by atoms with Crippen molar-refractivity contribution >= 4 is 28.7 Å². The molecule has 3 aromatic carbocycles. The van der Waals surface area contributed by atoms with Crippen molar-refractivity contribution < 1.29 is 28.9 Å². The molecule has 2 aliphatic heterocycles. The number of aromatic nitrogens is 2. The van der Waals surface area contributed by atoms with Crippen molar-refractivity contribution in [1.29, 1.82) is 5.26 Å². The van der Waals surface area contributed by atoms with Gasteiger partial charge in [0.15, 0.2) is 11.5 Å². The van der Waals surface area contributed by atoms with E-state index in [1.54, 1.807) is 24.4 Å². The third kappa shape index (κ3) is 8.64. The molecule has 11 nitrogen and oxygen atoms in total. The standard InChI is InChI=1S/C41H42ClN5O6/c1-26-30(5-4-6-33(26)29-8-9-37-35(17-29)45-40(53-37)11-14-46-13-10-32(48)23-46)25-52-39-18-38(51-24-28-15-27(19-43)20-44-21-28)31(16-34(39)42)22-47-12-3-2-7-36(47)41(49)50/h4-6,8-9,15-18,20-21,32,36,48H,2-3,7,10-14,22-25H2,1H3,(H,49,50). The number of fused-ring (bicyclic) bond motifs is 1. The summed E-state index contributed by atoms with van der Waals surface area (Å²) in [6.07, 6.45) is 6.77. The van der Waals surface area contributed by atoms with Crippen LogP contribution in [0.25, 0.3) is 22.2 Å². The number of nitriles is 1. The number of β-amino-alcohol motifs (C(OH)–C–C–N with tert-alkyl or cyclic N) is 1. The van der Waals surface area contributed by atoms with Crippen molar-refractivity contribution in [3.63, 3.8) is 0 Å². The molecule has 2 unspecified atom stereocenters. The van der Waals surface area contributed by atoms with Gasteiger partial charge in [0, 0.05) is 62.2 Å². The lowest BCUT2D eigenvalue weighted by Crippen LogP contribution is -2.44. The van der Waals surface area contributed by atoms with Gasteiger partial charge in [-0.05, 0) is 79.3 Å². The average molecular weight is 736 g/mol. The van der Waals surface area contributed by atoms with Crippen molar-refractivity contribution in [2.45, 2.75) is 70.9 Å². The second kappa shape index (κ2) is 16.4. The molecule has 53 heavy (non-hydrogen) atoms. The first-order valence-corrected chi connectivity index (χ1v) is 18.4. The van der Waals surface area contributed by atoms with Crippen molar-refractivity contribution in [3.8, 4) is 28.7 Å². The van der Waals surface area contributed by atoms with E-state index < -0.39 is 12.0 Å². The second-order valence-corrected chi connectivity index (χ2v) is 14.3. The fourth-order valence-corrected chi connectivity index (χ4v) is 7.48. The van der Waals surface area contributed by atoms with Crippen LogP contribution >= 0.6 is 11.6 Å². The summed E-state index contributed by atoms with van der Waals surface area (Å²) in [5.74, 6) is 0.808. The first-order valence-electron chi connectivity index (χ1n) is 18.0. The molecule has 0 saturated carbocycles. The number of carbonyl (C=O) groups is 1. The van der Waals surface area contributed by atoms with E-state index >= 15 is 0 Å². The van der Waals surface area contributed by atoms with Gasteiger partial charge >= 0.3 is 5.97 Å². The van der Waals surface area contributed by atoms with Crippen LogP contribution in [0.1, 0.15) is 59.4 Å². The van der Waals surface area contributed by atoms with E-state index in [0.29, 0.717) is 60.5 Å². The van der Waals surface area contributed by atoms with Crippen LogP contribution in [-0.4, -0.2) is 74.3 Å². The molecule has 2 saturated heterocycles. The number of nitrogens with zero attached hydrogens (tertiary/aromatic N) is 5. The highest BCUT2D eigenvalue weighted by atomic mass is 35.5.